The van der Waals surface area contributed by atoms with Gasteiger partial charge in [-0.05, 0) is 37.8 Å². The van der Waals surface area contributed by atoms with Crippen molar-refractivity contribution in [3.8, 4) is 10.7 Å². The molecule has 0 saturated heterocycles. The Morgan fingerprint density at radius 2 is 2.10 bits per heavy atom. The number of nitrogens with zero attached hydrogens (tertiary/aromatic N) is 3. The van der Waals surface area contributed by atoms with Gasteiger partial charge in [-0.25, -0.2) is 9.97 Å². The van der Waals surface area contributed by atoms with E-state index in [9.17, 15) is 0 Å². The monoisotopic (exact) mass is 303 g/mol. The van der Waals surface area contributed by atoms with Crippen LogP contribution in [0.2, 0.25) is 0 Å². The number of hydrogen-bond acceptors (Lipinski definition) is 4. The van der Waals surface area contributed by atoms with Gasteiger partial charge in [0, 0.05) is 30.2 Å². The van der Waals surface area contributed by atoms with Crippen molar-refractivity contribution in [2.24, 2.45) is 0 Å². The predicted octanol–water partition coefficient (Wildman–Crippen LogP) is 4.24. The summed E-state index contributed by atoms with van der Waals surface area (Å²) in [7, 11) is 0. The molecule has 0 aromatic carbocycles. The Labute approximate surface area is 127 Å². The summed E-state index contributed by atoms with van der Waals surface area (Å²) in [6.45, 7) is 7.28. The maximum atomic E-state index is 4.61. The van der Waals surface area contributed by atoms with E-state index in [1.807, 2.05) is 6.20 Å². The molecule has 0 amide bonds. The molecule has 3 heterocycles. The lowest BCUT2D eigenvalue weighted by Gasteiger charge is -2.06. The first kappa shape index (κ1) is 13.5. The van der Waals surface area contributed by atoms with Crippen LogP contribution in [-0.4, -0.2) is 14.5 Å². The van der Waals surface area contributed by atoms with Crippen LogP contribution in [0.4, 0.5) is 0 Å². The molecule has 0 atom stereocenters. The molecule has 0 fully saturated rings. The zero-order chi connectivity index (χ0) is 14.1. The van der Waals surface area contributed by atoms with Gasteiger partial charge in [-0.1, -0.05) is 0 Å². The number of aryl methyl sites for hydroxylation is 5. The summed E-state index contributed by atoms with van der Waals surface area (Å²) in [4.78, 5) is 11.7. The van der Waals surface area contributed by atoms with E-state index in [-0.39, 0.29) is 0 Å². The number of thiazole rings is 1. The van der Waals surface area contributed by atoms with Crippen molar-refractivity contribution in [3.63, 3.8) is 0 Å². The molecule has 3 aromatic heterocycles. The second-order valence-electron chi connectivity index (χ2n) is 4.88. The zero-order valence-corrected chi connectivity index (χ0v) is 13.5. The summed E-state index contributed by atoms with van der Waals surface area (Å²) >= 11 is 3.55. The lowest BCUT2D eigenvalue weighted by Crippen LogP contribution is -2.02. The summed E-state index contributed by atoms with van der Waals surface area (Å²) in [6, 6.07) is 2.15. The molecule has 5 heteroatoms. The zero-order valence-electron chi connectivity index (χ0n) is 11.9. The molecular formula is C15H17N3S2. The van der Waals surface area contributed by atoms with Crippen LogP contribution in [0.5, 0.6) is 0 Å². The van der Waals surface area contributed by atoms with Crippen LogP contribution in [0.3, 0.4) is 0 Å². The summed E-state index contributed by atoms with van der Waals surface area (Å²) in [5.41, 5.74) is 2.45. The molecular weight excluding hydrogens is 286 g/mol. The average Bonchev–Trinajstić information content (AvgIpc) is 3.09. The third-order valence-corrected chi connectivity index (χ3v) is 5.57. The summed E-state index contributed by atoms with van der Waals surface area (Å²) in [6.07, 6.45) is 4.90. The number of hydrogen-bond donors (Lipinski definition) is 0. The molecule has 104 valence electrons. The number of rotatable bonds is 4. The lowest BCUT2D eigenvalue weighted by molar-refractivity contribution is 0.700. The van der Waals surface area contributed by atoms with E-state index in [1.165, 1.54) is 20.3 Å². The second kappa shape index (κ2) is 5.50. The largest absolute Gasteiger partial charge is 0.330 e. The molecule has 3 rings (SSSR count). The molecule has 3 aromatic rings. The van der Waals surface area contributed by atoms with Crippen LogP contribution in [-0.2, 0) is 13.0 Å². The van der Waals surface area contributed by atoms with E-state index in [0.29, 0.717) is 0 Å². The lowest BCUT2D eigenvalue weighted by atomic mass is 10.3. The third kappa shape index (κ3) is 2.55. The van der Waals surface area contributed by atoms with Gasteiger partial charge >= 0.3 is 0 Å². The fraction of sp³-hybridized carbons (Fsp3) is 0.333. The topological polar surface area (TPSA) is 30.7 Å². The van der Waals surface area contributed by atoms with Crippen molar-refractivity contribution >= 4 is 22.7 Å². The van der Waals surface area contributed by atoms with Crippen molar-refractivity contribution in [2.45, 2.75) is 33.7 Å². The van der Waals surface area contributed by atoms with Crippen molar-refractivity contribution in [2.75, 3.05) is 0 Å². The van der Waals surface area contributed by atoms with E-state index in [2.05, 4.69) is 52.9 Å². The minimum absolute atomic E-state index is 0.930. The molecule has 0 N–H and O–H groups in total. The van der Waals surface area contributed by atoms with E-state index in [4.69, 9.17) is 0 Å². The van der Waals surface area contributed by atoms with Gasteiger partial charge in [0.25, 0.3) is 0 Å². The van der Waals surface area contributed by atoms with Gasteiger partial charge in [0.1, 0.15) is 5.82 Å². The van der Waals surface area contributed by atoms with Crippen LogP contribution in [0.25, 0.3) is 10.7 Å². The van der Waals surface area contributed by atoms with Gasteiger partial charge in [0.15, 0.2) is 0 Å². The Kier molecular flexibility index (Phi) is 3.72. The van der Waals surface area contributed by atoms with Gasteiger partial charge in [0.2, 0.25) is 0 Å². The number of thiophene rings is 1. The second-order valence-corrected chi connectivity index (χ2v) is 7.08. The highest BCUT2D eigenvalue weighted by atomic mass is 32.1. The van der Waals surface area contributed by atoms with Gasteiger partial charge in [-0.2, -0.15) is 0 Å². The highest BCUT2D eigenvalue weighted by Crippen LogP contribution is 2.28. The Hall–Kier alpha value is -1.46. The van der Waals surface area contributed by atoms with Crippen molar-refractivity contribution < 1.29 is 0 Å². The van der Waals surface area contributed by atoms with Gasteiger partial charge in [0.05, 0.1) is 15.6 Å². The maximum absolute atomic E-state index is 4.61. The molecule has 0 aliphatic rings. The maximum Gasteiger partial charge on any atom is 0.150 e. The summed E-state index contributed by atoms with van der Waals surface area (Å²) < 4.78 is 2.23. The molecule has 0 aliphatic heterocycles. The first-order valence-corrected chi connectivity index (χ1v) is 8.33. The predicted molar refractivity (Wildman–Crippen MR) is 85.6 cm³/mol. The van der Waals surface area contributed by atoms with Crippen molar-refractivity contribution in [3.05, 3.63) is 45.0 Å². The molecule has 0 aliphatic carbocycles. The number of imidazole rings is 1. The minimum Gasteiger partial charge on any atom is -0.330 e. The van der Waals surface area contributed by atoms with Gasteiger partial charge < -0.3 is 4.57 Å². The smallest absolute Gasteiger partial charge is 0.150 e. The van der Waals surface area contributed by atoms with Crippen LogP contribution in [0.15, 0.2) is 23.8 Å². The third-order valence-electron chi connectivity index (χ3n) is 3.42. The first-order valence-electron chi connectivity index (χ1n) is 6.63. The number of aromatic nitrogens is 3. The Balaban J connectivity index is 1.79. The van der Waals surface area contributed by atoms with Crippen LogP contribution in [0, 0.1) is 20.8 Å². The van der Waals surface area contributed by atoms with E-state index in [0.717, 1.165) is 24.5 Å². The summed E-state index contributed by atoms with van der Waals surface area (Å²) in [5.74, 6) is 1.07. The van der Waals surface area contributed by atoms with E-state index >= 15 is 0 Å². The van der Waals surface area contributed by atoms with Crippen LogP contribution < -0.4 is 0 Å². The quantitative estimate of drug-likeness (QED) is 0.722. The molecule has 20 heavy (non-hydrogen) atoms. The molecule has 0 bridgehead atoms. The van der Waals surface area contributed by atoms with Crippen LogP contribution >= 0.6 is 22.7 Å². The van der Waals surface area contributed by atoms with Gasteiger partial charge in [-0.15, -0.1) is 22.7 Å². The Morgan fingerprint density at radius 3 is 2.75 bits per heavy atom. The molecule has 0 spiro atoms. The molecule has 0 saturated carbocycles. The molecule has 0 unspecified atom stereocenters. The standard InChI is InChI=1S/C15H17N3S2/c1-10-5-9-19-14(10)15-16-6-8-18(15)7-4-13-17-11(2)12(3)20-13/h5-6,8-9H,4,7H2,1-3H3. The van der Waals surface area contributed by atoms with Gasteiger partial charge in [-0.3, -0.25) is 0 Å². The Morgan fingerprint density at radius 1 is 1.25 bits per heavy atom. The highest BCUT2D eigenvalue weighted by molar-refractivity contribution is 7.13. The normalized spacial score (nSPS) is 11.2. The fourth-order valence-electron chi connectivity index (χ4n) is 2.16. The van der Waals surface area contributed by atoms with Crippen molar-refractivity contribution in [1.29, 1.82) is 0 Å². The SMILES string of the molecule is Cc1ccsc1-c1nccn1CCc1nc(C)c(C)s1. The minimum atomic E-state index is 0.930. The highest BCUT2D eigenvalue weighted by Gasteiger charge is 2.11. The summed E-state index contributed by atoms with van der Waals surface area (Å²) in [5, 5.41) is 3.33. The van der Waals surface area contributed by atoms with Crippen LogP contribution in [0.1, 0.15) is 21.1 Å². The first-order chi connectivity index (χ1) is 9.65. The fourth-order valence-corrected chi connectivity index (χ4v) is 4.02. The molecule has 3 nitrogen and oxygen atoms in total. The average molecular weight is 303 g/mol. The Bertz CT molecular complexity index is 702. The van der Waals surface area contributed by atoms with Crippen molar-refractivity contribution in [1.82, 2.24) is 14.5 Å². The van der Waals surface area contributed by atoms with E-state index in [1.54, 1.807) is 22.7 Å². The molecule has 0 radical (unpaired) electrons. The van der Waals surface area contributed by atoms with E-state index < -0.39 is 0 Å².